The minimum atomic E-state index is -0.250. The highest BCUT2D eigenvalue weighted by Crippen LogP contribution is 2.37. The molecule has 3 N–H and O–H groups in total. The minimum absolute atomic E-state index is 0.0777. The number of benzene rings is 2. The summed E-state index contributed by atoms with van der Waals surface area (Å²) >= 11 is 0. The Morgan fingerprint density at radius 1 is 1.10 bits per heavy atom. The van der Waals surface area contributed by atoms with Gasteiger partial charge in [0.1, 0.15) is 5.69 Å². The van der Waals surface area contributed by atoms with Crippen molar-refractivity contribution >= 4 is 29.2 Å². The molecular weight excluding hydrogens is 368 g/mol. The maximum Gasteiger partial charge on any atom is 0.290 e. The van der Waals surface area contributed by atoms with Gasteiger partial charge in [0.25, 0.3) is 12.4 Å². The quantitative estimate of drug-likeness (QED) is 0.650. The van der Waals surface area contributed by atoms with E-state index in [2.05, 4.69) is 34.2 Å². The molecule has 5 rings (SSSR count). The molecule has 0 spiro atoms. The van der Waals surface area contributed by atoms with Crippen LogP contribution in [-0.4, -0.2) is 32.4 Å². The summed E-state index contributed by atoms with van der Waals surface area (Å²) < 4.78 is 0. The van der Waals surface area contributed by atoms with E-state index < -0.39 is 0 Å². The molecule has 1 saturated carbocycles. The van der Waals surface area contributed by atoms with Crippen molar-refractivity contribution in [1.29, 1.82) is 0 Å². The fourth-order valence-corrected chi connectivity index (χ4v) is 3.95. The Labute approximate surface area is 168 Å². The summed E-state index contributed by atoms with van der Waals surface area (Å²) in [4.78, 5) is 32.1. The number of amides is 1. The van der Waals surface area contributed by atoms with Crippen molar-refractivity contribution in [3.63, 3.8) is 0 Å². The monoisotopic (exact) mass is 390 g/mol. The molecule has 1 fully saturated rings. The first kappa shape index (κ1) is 18.9. The maximum absolute atomic E-state index is 13.2. The molecule has 29 heavy (non-hydrogen) atoms. The normalized spacial score (nSPS) is 15.2. The SMILES string of the molecule is Nc1nc(C(=O)N2Cc3ccccc3C2)c2cc(C3CCC3)ccc2n1.O=CO. The van der Waals surface area contributed by atoms with Gasteiger partial charge in [-0.05, 0) is 47.6 Å². The van der Waals surface area contributed by atoms with Crippen LogP contribution in [0.15, 0.2) is 42.5 Å². The van der Waals surface area contributed by atoms with Crippen LogP contribution < -0.4 is 5.73 Å². The summed E-state index contributed by atoms with van der Waals surface area (Å²) in [7, 11) is 0. The van der Waals surface area contributed by atoms with Crippen molar-refractivity contribution < 1.29 is 14.7 Å². The third kappa shape index (κ3) is 3.63. The predicted octanol–water partition coefficient (Wildman–Crippen LogP) is 3.34. The minimum Gasteiger partial charge on any atom is -0.483 e. The first-order valence-corrected chi connectivity index (χ1v) is 9.61. The van der Waals surface area contributed by atoms with Crippen LogP contribution >= 0.6 is 0 Å². The Hall–Kier alpha value is -3.48. The fourth-order valence-electron chi connectivity index (χ4n) is 3.95. The Morgan fingerprint density at radius 3 is 2.34 bits per heavy atom. The van der Waals surface area contributed by atoms with Gasteiger partial charge in [0.05, 0.1) is 5.52 Å². The Kier molecular flexibility index (Phi) is 5.12. The summed E-state index contributed by atoms with van der Waals surface area (Å²) in [6, 6.07) is 14.3. The average molecular weight is 390 g/mol. The molecule has 0 bridgehead atoms. The molecular formula is C22H22N4O3. The molecule has 0 saturated heterocycles. The largest absolute Gasteiger partial charge is 0.483 e. The zero-order valence-corrected chi connectivity index (χ0v) is 15.9. The van der Waals surface area contributed by atoms with Crippen molar-refractivity contribution in [2.24, 2.45) is 0 Å². The number of hydrogen-bond acceptors (Lipinski definition) is 5. The molecule has 7 nitrogen and oxygen atoms in total. The second-order valence-electron chi connectivity index (χ2n) is 7.37. The number of rotatable bonds is 2. The third-order valence-electron chi connectivity index (χ3n) is 5.64. The van der Waals surface area contributed by atoms with Gasteiger partial charge in [-0.25, -0.2) is 9.97 Å². The summed E-state index contributed by atoms with van der Waals surface area (Å²) in [5.74, 6) is 0.663. The molecule has 148 valence electrons. The van der Waals surface area contributed by atoms with Crippen LogP contribution in [-0.2, 0) is 17.9 Å². The van der Waals surface area contributed by atoms with E-state index in [9.17, 15) is 4.79 Å². The van der Waals surface area contributed by atoms with Crippen LogP contribution in [0.4, 0.5) is 5.95 Å². The second-order valence-corrected chi connectivity index (χ2v) is 7.37. The zero-order valence-electron chi connectivity index (χ0n) is 15.9. The van der Waals surface area contributed by atoms with E-state index in [4.69, 9.17) is 15.6 Å². The van der Waals surface area contributed by atoms with Gasteiger partial charge < -0.3 is 15.7 Å². The number of nitrogens with zero attached hydrogens (tertiary/aromatic N) is 3. The molecule has 1 aromatic heterocycles. The highest BCUT2D eigenvalue weighted by atomic mass is 16.3. The molecule has 3 aromatic rings. The predicted molar refractivity (Wildman–Crippen MR) is 109 cm³/mol. The van der Waals surface area contributed by atoms with Gasteiger partial charge in [-0.2, -0.15) is 0 Å². The van der Waals surface area contributed by atoms with Crippen molar-refractivity contribution in [2.75, 3.05) is 5.73 Å². The molecule has 0 unspecified atom stereocenters. The standard InChI is InChI=1S/C21H20N4O.CH2O2/c22-21-23-18-9-8-14(13-6-3-7-13)10-17(18)19(24-21)20(26)25-11-15-4-1-2-5-16(15)12-25;2-1-3/h1-2,4-5,8-10,13H,3,6-7,11-12H2,(H2,22,23,24);1H,(H,2,3). The number of carbonyl (C=O) groups excluding carboxylic acids is 1. The first-order valence-electron chi connectivity index (χ1n) is 9.61. The lowest BCUT2D eigenvalue weighted by atomic mass is 9.80. The molecule has 0 atom stereocenters. The van der Waals surface area contributed by atoms with Crippen LogP contribution in [0.3, 0.4) is 0 Å². The number of fused-ring (bicyclic) bond motifs is 2. The lowest BCUT2D eigenvalue weighted by Crippen LogP contribution is -2.27. The molecule has 1 aliphatic heterocycles. The van der Waals surface area contributed by atoms with Gasteiger partial charge in [-0.1, -0.05) is 36.8 Å². The number of nitrogens with two attached hydrogens (primary N) is 1. The van der Waals surface area contributed by atoms with E-state index in [1.165, 1.54) is 36.0 Å². The molecule has 2 aromatic carbocycles. The van der Waals surface area contributed by atoms with E-state index in [1.54, 1.807) is 0 Å². The van der Waals surface area contributed by atoms with Crippen molar-refractivity contribution in [3.05, 3.63) is 64.8 Å². The Balaban J connectivity index is 0.000000645. The fraction of sp³-hybridized carbons (Fsp3) is 0.273. The Bertz CT molecular complexity index is 1050. The molecule has 1 amide bonds. The number of hydrogen-bond donors (Lipinski definition) is 2. The number of carboxylic acid groups (broad SMARTS) is 1. The molecule has 1 aliphatic carbocycles. The first-order chi connectivity index (χ1) is 14.1. The highest BCUT2D eigenvalue weighted by molar-refractivity contribution is 6.05. The smallest absolute Gasteiger partial charge is 0.290 e. The van der Waals surface area contributed by atoms with E-state index in [0.717, 1.165) is 10.9 Å². The van der Waals surface area contributed by atoms with Gasteiger partial charge in [0.2, 0.25) is 5.95 Å². The van der Waals surface area contributed by atoms with Gasteiger partial charge >= 0.3 is 0 Å². The van der Waals surface area contributed by atoms with E-state index in [1.807, 2.05) is 23.1 Å². The molecule has 2 aliphatic rings. The van der Waals surface area contributed by atoms with Crippen LogP contribution in [0, 0.1) is 0 Å². The summed E-state index contributed by atoms with van der Waals surface area (Å²) in [5.41, 5.74) is 10.7. The van der Waals surface area contributed by atoms with Gasteiger partial charge in [-0.15, -0.1) is 0 Å². The second kappa shape index (κ2) is 7.87. The molecule has 2 heterocycles. The van der Waals surface area contributed by atoms with Crippen LogP contribution in [0.25, 0.3) is 10.9 Å². The Morgan fingerprint density at radius 2 is 1.76 bits per heavy atom. The number of anilines is 1. The lowest BCUT2D eigenvalue weighted by Gasteiger charge is -2.26. The summed E-state index contributed by atoms with van der Waals surface area (Å²) in [6.45, 7) is 0.978. The van der Waals surface area contributed by atoms with Crippen molar-refractivity contribution in [3.8, 4) is 0 Å². The number of aromatic nitrogens is 2. The highest BCUT2D eigenvalue weighted by Gasteiger charge is 2.27. The van der Waals surface area contributed by atoms with Gasteiger partial charge in [-0.3, -0.25) is 9.59 Å². The van der Waals surface area contributed by atoms with Gasteiger partial charge in [0.15, 0.2) is 0 Å². The molecule has 0 radical (unpaired) electrons. The van der Waals surface area contributed by atoms with E-state index in [-0.39, 0.29) is 18.3 Å². The van der Waals surface area contributed by atoms with Crippen molar-refractivity contribution in [1.82, 2.24) is 14.9 Å². The lowest BCUT2D eigenvalue weighted by molar-refractivity contribution is -0.122. The van der Waals surface area contributed by atoms with Crippen molar-refractivity contribution in [2.45, 2.75) is 38.3 Å². The number of nitrogen functional groups attached to an aromatic ring is 1. The third-order valence-corrected chi connectivity index (χ3v) is 5.64. The average Bonchev–Trinajstić information content (AvgIpc) is 3.10. The van der Waals surface area contributed by atoms with Crippen LogP contribution in [0.5, 0.6) is 0 Å². The van der Waals surface area contributed by atoms with E-state index in [0.29, 0.717) is 24.7 Å². The van der Waals surface area contributed by atoms with Crippen LogP contribution in [0.1, 0.15) is 52.4 Å². The maximum atomic E-state index is 13.2. The van der Waals surface area contributed by atoms with E-state index >= 15 is 0 Å². The molecule has 7 heteroatoms. The zero-order chi connectivity index (χ0) is 20.4. The number of carbonyl (C=O) groups is 2. The van der Waals surface area contributed by atoms with Crippen LogP contribution in [0.2, 0.25) is 0 Å². The summed E-state index contributed by atoms with van der Waals surface area (Å²) in [5, 5.41) is 7.70. The van der Waals surface area contributed by atoms with Gasteiger partial charge in [0, 0.05) is 18.5 Å². The topological polar surface area (TPSA) is 109 Å². The summed E-state index contributed by atoms with van der Waals surface area (Å²) in [6.07, 6.45) is 3.71.